The Bertz CT molecular complexity index is 454. The van der Waals surface area contributed by atoms with Crippen LogP contribution < -0.4 is 0 Å². The quantitative estimate of drug-likeness (QED) is 0.320. The SMILES string of the molecule is C=CCC[Si]1(C)O[Si](C)(OCC=C)O[Si](C)(OCC=C)O[Si](C)(OCC=C)O1. The number of hydrogen-bond donors (Lipinski definition) is 0. The Morgan fingerprint density at radius 3 is 1.29 bits per heavy atom. The predicted molar refractivity (Wildman–Crippen MR) is 119 cm³/mol. The molecule has 0 saturated carbocycles. The molecule has 2 unspecified atom stereocenters. The van der Waals surface area contributed by atoms with Crippen molar-refractivity contribution >= 4 is 35.0 Å². The van der Waals surface area contributed by atoms with Gasteiger partial charge in [-0.3, -0.25) is 0 Å². The summed E-state index contributed by atoms with van der Waals surface area (Å²) in [7, 11) is -12.3. The average molecular weight is 463 g/mol. The van der Waals surface area contributed by atoms with Crippen molar-refractivity contribution in [1.29, 1.82) is 0 Å². The van der Waals surface area contributed by atoms with Crippen LogP contribution in [-0.2, 0) is 29.7 Å². The van der Waals surface area contributed by atoms with E-state index in [9.17, 15) is 0 Å². The van der Waals surface area contributed by atoms with Crippen LogP contribution in [0, 0.1) is 0 Å². The van der Waals surface area contributed by atoms with Crippen LogP contribution in [-0.4, -0.2) is 54.8 Å². The summed E-state index contributed by atoms with van der Waals surface area (Å²) in [5.41, 5.74) is 0. The zero-order valence-electron chi connectivity index (χ0n) is 17.5. The van der Waals surface area contributed by atoms with Gasteiger partial charge in [0.2, 0.25) is 0 Å². The highest BCUT2D eigenvalue weighted by atomic mass is 28.5. The lowest BCUT2D eigenvalue weighted by Gasteiger charge is -2.47. The highest BCUT2D eigenvalue weighted by molar-refractivity contribution is 6.89. The maximum absolute atomic E-state index is 6.51. The third-order valence-corrected chi connectivity index (χ3v) is 19.4. The Hall–Kier alpha value is -0.452. The molecule has 0 aliphatic carbocycles. The minimum absolute atomic E-state index is 0.270. The molecule has 0 bridgehead atoms. The first-order valence-electron chi connectivity index (χ1n) is 9.23. The first kappa shape index (κ1) is 25.6. The van der Waals surface area contributed by atoms with E-state index in [1.165, 1.54) is 0 Å². The first-order valence-corrected chi connectivity index (χ1v) is 18.4. The number of rotatable bonds is 12. The van der Waals surface area contributed by atoms with Crippen LogP contribution in [0.1, 0.15) is 6.42 Å². The van der Waals surface area contributed by atoms with Crippen molar-refractivity contribution in [2.75, 3.05) is 19.8 Å². The van der Waals surface area contributed by atoms with Crippen LogP contribution in [0.3, 0.4) is 0 Å². The molecule has 28 heavy (non-hydrogen) atoms. The molecule has 11 heteroatoms. The Balaban J connectivity index is 3.31. The molecule has 0 aromatic carbocycles. The van der Waals surface area contributed by atoms with Crippen molar-refractivity contribution in [3.05, 3.63) is 50.6 Å². The van der Waals surface area contributed by atoms with E-state index in [0.717, 1.165) is 6.42 Å². The molecule has 160 valence electrons. The molecule has 0 radical (unpaired) electrons. The van der Waals surface area contributed by atoms with Gasteiger partial charge in [-0.15, -0.1) is 26.3 Å². The van der Waals surface area contributed by atoms with Crippen LogP contribution in [0.5, 0.6) is 0 Å². The van der Waals surface area contributed by atoms with E-state index in [0.29, 0.717) is 19.3 Å². The molecule has 1 aliphatic rings. The van der Waals surface area contributed by atoms with Gasteiger partial charge in [-0.25, -0.2) is 0 Å². The van der Waals surface area contributed by atoms with Gasteiger partial charge in [0.25, 0.3) is 0 Å². The number of allylic oxidation sites excluding steroid dienone is 1. The monoisotopic (exact) mass is 462 g/mol. The summed E-state index contributed by atoms with van der Waals surface area (Å²) in [5, 5.41) is 0. The van der Waals surface area contributed by atoms with Crippen molar-refractivity contribution < 1.29 is 29.7 Å². The zero-order valence-corrected chi connectivity index (χ0v) is 21.5. The highest BCUT2D eigenvalue weighted by Gasteiger charge is 2.60. The van der Waals surface area contributed by atoms with E-state index in [2.05, 4.69) is 26.3 Å². The van der Waals surface area contributed by atoms with E-state index in [1.54, 1.807) is 24.8 Å². The van der Waals surface area contributed by atoms with Crippen LogP contribution in [0.15, 0.2) is 50.6 Å². The lowest BCUT2D eigenvalue weighted by atomic mass is 10.5. The summed E-state index contributed by atoms with van der Waals surface area (Å²) < 4.78 is 43.6. The molecule has 1 rings (SSSR count). The summed E-state index contributed by atoms with van der Waals surface area (Å²) in [6.45, 7) is 23.2. The Morgan fingerprint density at radius 1 is 0.607 bits per heavy atom. The third-order valence-electron chi connectivity index (χ3n) is 3.74. The molecular formula is C17H34O7Si4. The molecule has 0 spiro atoms. The van der Waals surface area contributed by atoms with E-state index in [-0.39, 0.29) is 6.61 Å². The standard InChI is InChI=1S/C17H34O7Si4/c1-9-13-17-25(5)21-26(6,18-14-10-2)23-28(8,20-16-12-4)24-27(7,22-25)19-15-11-3/h9-12H,1-4,13-17H2,5-8H3. The van der Waals surface area contributed by atoms with Crippen LogP contribution in [0.25, 0.3) is 0 Å². The van der Waals surface area contributed by atoms with Crippen molar-refractivity contribution in [2.24, 2.45) is 0 Å². The van der Waals surface area contributed by atoms with E-state index in [4.69, 9.17) is 29.7 Å². The second-order valence-corrected chi connectivity index (χ2v) is 18.8. The van der Waals surface area contributed by atoms with Crippen LogP contribution >= 0.6 is 0 Å². The fourth-order valence-electron chi connectivity index (χ4n) is 2.82. The fourth-order valence-corrected chi connectivity index (χ4v) is 20.9. The Morgan fingerprint density at radius 2 is 0.964 bits per heavy atom. The van der Waals surface area contributed by atoms with Crippen LogP contribution in [0.4, 0.5) is 0 Å². The molecular weight excluding hydrogens is 429 g/mol. The number of hydrogen-bond acceptors (Lipinski definition) is 7. The fraction of sp³-hybridized carbons (Fsp3) is 0.529. The van der Waals surface area contributed by atoms with Gasteiger partial charge in [-0.1, -0.05) is 24.3 Å². The average Bonchev–Trinajstić information content (AvgIpc) is 2.60. The summed E-state index contributed by atoms with van der Waals surface area (Å²) in [5.74, 6) is 0. The van der Waals surface area contributed by atoms with Crippen LogP contribution in [0.2, 0.25) is 32.2 Å². The summed E-state index contributed by atoms with van der Waals surface area (Å²) in [6.07, 6.45) is 7.53. The molecule has 0 aromatic heterocycles. The molecule has 1 heterocycles. The van der Waals surface area contributed by atoms with Gasteiger partial charge in [0.05, 0.1) is 19.8 Å². The van der Waals surface area contributed by atoms with Gasteiger partial charge < -0.3 is 29.7 Å². The smallest absolute Gasteiger partial charge is 0.394 e. The van der Waals surface area contributed by atoms with Crippen molar-refractivity contribution in [1.82, 2.24) is 0 Å². The third kappa shape index (κ3) is 8.12. The van der Waals surface area contributed by atoms with Gasteiger partial charge >= 0.3 is 35.0 Å². The predicted octanol–water partition coefficient (Wildman–Crippen LogP) is 4.03. The zero-order chi connectivity index (χ0) is 21.3. The molecule has 1 fully saturated rings. The van der Waals surface area contributed by atoms with Crippen molar-refractivity contribution in [2.45, 2.75) is 38.7 Å². The molecule has 1 aliphatic heterocycles. The van der Waals surface area contributed by atoms with Crippen molar-refractivity contribution in [3.63, 3.8) is 0 Å². The molecule has 1 saturated heterocycles. The maximum Gasteiger partial charge on any atom is 0.483 e. The molecule has 0 N–H and O–H groups in total. The van der Waals surface area contributed by atoms with Gasteiger partial charge in [0, 0.05) is 19.6 Å². The Labute approximate surface area is 173 Å². The second-order valence-electron chi connectivity index (χ2n) is 6.76. The summed E-state index contributed by atoms with van der Waals surface area (Å²) >= 11 is 0. The van der Waals surface area contributed by atoms with Crippen molar-refractivity contribution in [3.8, 4) is 0 Å². The second kappa shape index (κ2) is 11.1. The maximum atomic E-state index is 6.51. The lowest BCUT2D eigenvalue weighted by Crippen LogP contribution is -2.69. The highest BCUT2D eigenvalue weighted by Crippen LogP contribution is 2.34. The Kier molecular flexibility index (Phi) is 10.1. The van der Waals surface area contributed by atoms with E-state index in [1.807, 2.05) is 25.7 Å². The summed E-state index contributed by atoms with van der Waals surface area (Å²) in [4.78, 5) is 0. The minimum atomic E-state index is -3.22. The van der Waals surface area contributed by atoms with E-state index < -0.39 is 35.0 Å². The topological polar surface area (TPSA) is 64.6 Å². The lowest BCUT2D eigenvalue weighted by molar-refractivity contribution is 0.0598. The van der Waals surface area contributed by atoms with Gasteiger partial charge in [0.1, 0.15) is 0 Å². The largest absolute Gasteiger partial charge is 0.483 e. The molecule has 2 atom stereocenters. The minimum Gasteiger partial charge on any atom is -0.394 e. The molecule has 0 amide bonds. The normalized spacial score (nSPS) is 36.1. The first-order chi connectivity index (χ1) is 13.1. The van der Waals surface area contributed by atoms with Gasteiger partial charge in [-0.2, -0.15) is 0 Å². The summed E-state index contributed by atoms with van der Waals surface area (Å²) in [6, 6.07) is 0.676. The van der Waals surface area contributed by atoms with Gasteiger partial charge in [0.15, 0.2) is 0 Å². The van der Waals surface area contributed by atoms with Gasteiger partial charge in [-0.05, 0) is 19.0 Å². The molecule has 7 nitrogen and oxygen atoms in total. The van der Waals surface area contributed by atoms with E-state index >= 15 is 0 Å². The molecule has 0 aromatic rings.